The number of anilines is 1. The number of hydrogen-bond acceptors (Lipinski definition) is 8. The van der Waals surface area contributed by atoms with Gasteiger partial charge in [-0.2, -0.15) is 0 Å². The Morgan fingerprint density at radius 2 is 1.87 bits per heavy atom. The van der Waals surface area contributed by atoms with Gasteiger partial charge in [-0.3, -0.25) is 14.6 Å². The minimum absolute atomic E-state index is 0.168. The van der Waals surface area contributed by atoms with Crippen molar-refractivity contribution in [2.24, 2.45) is 0 Å². The van der Waals surface area contributed by atoms with Gasteiger partial charge in [0.2, 0.25) is 5.88 Å². The molecule has 10 nitrogen and oxygen atoms in total. The third-order valence-corrected chi connectivity index (χ3v) is 4.26. The van der Waals surface area contributed by atoms with Gasteiger partial charge >= 0.3 is 0 Å². The fourth-order valence-electron chi connectivity index (χ4n) is 2.82. The number of ether oxygens (including phenoxy) is 1. The summed E-state index contributed by atoms with van der Waals surface area (Å²) in [7, 11) is 3.26. The smallest absolute Gasteiger partial charge is 0.273 e. The molecule has 31 heavy (non-hydrogen) atoms. The van der Waals surface area contributed by atoms with Crippen molar-refractivity contribution >= 4 is 28.6 Å². The molecule has 0 radical (unpaired) electrons. The molecule has 0 spiro atoms. The van der Waals surface area contributed by atoms with Crippen LogP contribution in [0.2, 0.25) is 0 Å². The second-order valence-corrected chi connectivity index (χ2v) is 6.83. The van der Waals surface area contributed by atoms with Gasteiger partial charge in [0.25, 0.3) is 11.8 Å². The van der Waals surface area contributed by atoms with Gasteiger partial charge in [-0.1, -0.05) is 0 Å². The van der Waals surface area contributed by atoms with Crippen molar-refractivity contribution in [1.29, 1.82) is 0 Å². The van der Waals surface area contributed by atoms with Crippen LogP contribution in [0.15, 0.2) is 53.6 Å². The van der Waals surface area contributed by atoms with Crippen LogP contribution in [0.5, 0.6) is 11.6 Å². The lowest BCUT2D eigenvalue weighted by Crippen LogP contribution is -2.22. The third-order valence-electron chi connectivity index (χ3n) is 4.26. The summed E-state index contributed by atoms with van der Waals surface area (Å²) in [6, 6.07) is 4.99. The number of amides is 2. The van der Waals surface area contributed by atoms with Gasteiger partial charge in [-0.05, 0) is 25.1 Å². The van der Waals surface area contributed by atoms with E-state index in [1.807, 2.05) is 0 Å². The molecule has 0 atom stereocenters. The lowest BCUT2D eigenvalue weighted by molar-refractivity contribution is 0.0821. The van der Waals surface area contributed by atoms with Crippen LogP contribution in [-0.4, -0.2) is 50.7 Å². The van der Waals surface area contributed by atoms with E-state index in [1.165, 1.54) is 35.9 Å². The number of furan rings is 1. The lowest BCUT2D eigenvalue weighted by atomic mass is 10.1. The standard InChI is InChI=1S/C21H18N6O4/c1-12-6-14-16(30-12)7-13(20(28)26-18-10-22-4-5-23-18)8-17(14)31-19-11-24-15(9-25-19)21(29)27(2)3/h4-11H,1-3H3,(H,23,26,28). The van der Waals surface area contributed by atoms with Crippen molar-refractivity contribution in [1.82, 2.24) is 24.8 Å². The first-order valence-electron chi connectivity index (χ1n) is 9.24. The van der Waals surface area contributed by atoms with E-state index >= 15 is 0 Å². The molecule has 3 aromatic heterocycles. The van der Waals surface area contributed by atoms with E-state index in [0.717, 1.165) is 0 Å². The molecule has 10 heteroatoms. The van der Waals surface area contributed by atoms with Crippen LogP contribution < -0.4 is 10.1 Å². The molecule has 0 saturated heterocycles. The predicted octanol–water partition coefficient (Wildman–Crippen LogP) is 3.07. The summed E-state index contributed by atoms with van der Waals surface area (Å²) in [5.74, 6) is 0.831. The molecule has 156 valence electrons. The molecular weight excluding hydrogens is 400 g/mol. The second kappa shape index (κ2) is 8.19. The maximum atomic E-state index is 12.7. The van der Waals surface area contributed by atoms with Crippen molar-refractivity contribution in [3.63, 3.8) is 0 Å². The van der Waals surface area contributed by atoms with Gasteiger partial charge in [-0.25, -0.2) is 15.0 Å². The third kappa shape index (κ3) is 4.32. The second-order valence-electron chi connectivity index (χ2n) is 6.83. The van der Waals surface area contributed by atoms with Gasteiger partial charge in [0, 0.05) is 32.1 Å². The first-order valence-corrected chi connectivity index (χ1v) is 9.24. The number of rotatable bonds is 5. The number of benzene rings is 1. The maximum absolute atomic E-state index is 12.7. The molecular formula is C21H18N6O4. The SMILES string of the molecule is Cc1cc2c(Oc3cnc(C(=O)N(C)C)cn3)cc(C(=O)Nc3cnccn3)cc2o1. The topological polar surface area (TPSA) is 123 Å². The minimum Gasteiger partial charge on any atom is -0.461 e. The number of nitrogens with zero attached hydrogens (tertiary/aromatic N) is 5. The van der Waals surface area contributed by atoms with E-state index in [-0.39, 0.29) is 17.5 Å². The zero-order valence-corrected chi connectivity index (χ0v) is 17.0. The molecule has 4 rings (SSSR count). The molecule has 1 N–H and O–H groups in total. The van der Waals surface area contributed by atoms with Crippen molar-refractivity contribution in [3.8, 4) is 11.6 Å². The van der Waals surface area contributed by atoms with E-state index in [1.54, 1.807) is 39.2 Å². The lowest BCUT2D eigenvalue weighted by Gasteiger charge is -2.10. The fourth-order valence-corrected chi connectivity index (χ4v) is 2.82. The first-order chi connectivity index (χ1) is 14.9. The summed E-state index contributed by atoms with van der Waals surface area (Å²) in [5.41, 5.74) is 0.972. The average molecular weight is 418 g/mol. The van der Waals surface area contributed by atoms with E-state index in [0.29, 0.717) is 33.9 Å². The highest BCUT2D eigenvalue weighted by molar-refractivity contribution is 6.06. The zero-order valence-electron chi connectivity index (χ0n) is 17.0. The maximum Gasteiger partial charge on any atom is 0.273 e. The van der Waals surface area contributed by atoms with E-state index in [4.69, 9.17) is 9.15 Å². The number of aryl methyl sites for hydroxylation is 1. The molecule has 0 aliphatic rings. The highest BCUT2D eigenvalue weighted by atomic mass is 16.5. The van der Waals surface area contributed by atoms with Crippen molar-refractivity contribution in [2.45, 2.75) is 6.92 Å². The molecule has 0 fully saturated rings. The Balaban J connectivity index is 1.65. The summed E-state index contributed by atoms with van der Waals surface area (Å²) in [6.45, 7) is 1.80. The highest BCUT2D eigenvalue weighted by Gasteiger charge is 2.17. The van der Waals surface area contributed by atoms with Crippen LogP contribution in [0.3, 0.4) is 0 Å². The molecule has 1 aromatic carbocycles. The van der Waals surface area contributed by atoms with Gasteiger partial charge in [0.1, 0.15) is 22.8 Å². The Kier molecular flexibility index (Phi) is 5.27. The molecule has 0 unspecified atom stereocenters. The van der Waals surface area contributed by atoms with Crippen LogP contribution >= 0.6 is 0 Å². The summed E-state index contributed by atoms with van der Waals surface area (Å²) in [5, 5.41) is 3.34. The Bertz CT molecular complexity index is 1250. The van der Waals surface area contributed by atoms with E-state index in [2.05, 4.69) is 25.3 Å². The first kappa shape index (κ1) is 20.0. The molecule has 4 aromatic rings. The number of fused-ring (bicyclic) bond motifs is 1. The van der Waals surface area contributed by atoms with Crippen LogP contribution in [-0.2, 0) is 0 Å². The Morgan fingerprint density at radius 3 is 2.55 bits per heavy atom. The summed E-state index contributed by atoms with van der Waals surface area (Å²) < 4.78 is 11.6. The molecule has 2 amide bonds. The largest absolute Gasteiger partial charge is 0.461 e. The minimum atomic E-state index is -0.403. The van der Waals surface area contributed by atoms with Gasteiger partial charge in [0.15, 0.2) is 5.82 Å². The average Bonchev–Trinajstić information content (AvgIpc) is 3.15. The fraction of sp³-hybridized carbons (Fsp3) is 0.143. The Morgan fingerprint density at radius 1 is 1.03 bits per heavy atom. The van der Waals surface area contributed by atoms with Crippen LogP contribution in [0.1, 0.15) is 26.6 Å². The van der Waals surface area contributed by atoms with Crippen molar-refractivity contribution in [2.75, 3.05) is 19.4 Å². The van der Waals surface area contributed by atoms with E-state index < -0.39 is 5.91 Å². The molecule has 3 heterocycles. The number of nitrogens with one attached hydrogen (secondary N) is 1. The normalized spacial score (nSPS) is 10.7. The van der Waals surface area contributed by atoms with Gasteiger partial charge < -0.3 is 19.4 Å². The predicted molar refractivity (Wildman–Crippen MR) is 111 cm³/mol. The highest BCUT2D eigenvalue weighted by Crippen LogP contribution is 2.33. The Labute approximate surface area is 176 Å². The Hall–Kier alpha value is -4.34. The van der Waals surface area contributed by atoms with Crippen molar-refractivity contribution in [3.05, 3.63) is 66.2 Å². The molecule has 0 bridgehead atoms. The quantitative estimate of drug-likeness (QED) is 0.524. The van der Waals surface area contributed by atoms with Crippen molar-refractivity contribution < 1.29 is 18.7 Å². The van der Waals surface area contributed by atoms with Gasteiger partial charge in [-0.15, -0.1) is 0 Å². The van der Waals surface area contributed by atoms with Gasteiger partial charge in [0.05, 0.1) is 24.0 Å². The summed E-state index contributed by atoms with van der Waals surface area (Å²) >= 11 is 0. The van der Waals surface area contributed by atoms with E-state index in [9.17, 15) is 9.59 Å². The number of aromatic nitrogens is 4. The molecule has 0 aliphatic heterocycles. The molecule has 0 saturated carbocycles. The zero-order chi connectivity index (χ0) is 22.0. The van der Waals surface area contributed by atoms with Crippen LogP contribution in [0.4, 0.5) is 5.82 Å². The number of hydrogen-bond donors (Lipinski definition) is 1. The number of carbonyl (C=O) groups excluding carboxylic acids is 2. The number of carbonyl (C=O) groups is 2. The van der Waals surface area contributed by atoms with Crippen LogP contribution in [0, 0.1) is 6.92 Å². The summed E-state index contributed by atoms with van der Waals surface area (Å²) in [6.07, 6.45) is 7.11. The monoisotopic (exact) mass is 418 g/mol. The van der Waals surface area contributed by atoms with Crippen LogP contribution in [0.25, 0.3) is 11.0 Å². The molecule has 0 aliphatic carbocycles. The summed E-state index contributed by atoms with van der Waals surface area (Å²) in [4.78, 5) is 42.3.